The highest BCUT2D eigenvalue weighted by Gasteiger charge is 2.21. The van der Waals surface area contributed by atoms with Crippen LogP contribution in [0.25, 0.3) is 0 Å². The number of nitrogens with one attached hydrogen (secondary N) is 3. The van der Waals surface area contributed by atoms with Crippen molar-refractivity contribution >= 4 is 29.2 Å². The fraction of sp³-hybridized carbons (Fsp3) is 0.130. The van der Waals surface area contributed by atoms with Crippen molar-refractivity contribution in [2.24, 2.45) is 0 Å². The molecule has 1 atom stereocenters. The molecule has 148 valence electrons. The van der Waals surface area contributed by atoms with Crippen molar-refractivity contribution in [1.82, 2.24) is 10.6 Å². The van der Waals surface area contributed by atoms with E-state index in [1.807, 2.05) is 60.7 Å². The molecular weight excluding hydrogens is 386 g/mol. The number of carbonyl (C=O) groups is 2. The Kier molecular flexibility index (Phi) is 6.87. The molecule has 0 aliphatic rings. The Hall–Kier alpha value is -3.31. The second-order valence-electron chi connectivity index (χ2n) is 6.59. The fourth-order valence-electron chi connectivity index (χ4n) is 2.88. The summed E-state index contributed by atoms with van der Waals surface area (Å²) in [5, 5.41) is 8.95. The zero-order valence-electron chi connectivity index (χ0n) is 15.9. The maximum Gasteiger partial charge on any atom is 0.319 e. The van der Waals surface area contributed by atoms with Crippen LogP contribution >= 0.6 is 11.6 Å². The Bertz CT molecular complexity index is 907. The number of benzene rings is 3. The molecule has 0 aliphatic carbocycles. The summed E-state index contributed by atoms with van der Waals surface area (Å²) in [6.45, 7) is 1.64. The van der Waals surface area contributed by atoms with Gasteiger partial charge in [-0.05, 0) is 42.3 Å². The van der Waals surface area contributed by atoms with Gasteiger partial charge in [0.1, 0.15) is 6.04 Å². The number of carbonyl (C=O) groups excluding carboxylic acids is 2. The van der Waals surface area contributed by atoms with E-state index in [1.54, 1.807) is 31.2 Å². The molecule has 3 aromatic rings. The zero-order valence-corrected chi connectivity index (χ0v) is 16.7. The van der Waals surface area contributed by atoms with Crippen LogP contribution in [0.15, 0.2) is 84.9 Å². The Labute approximate surface area is 175 Å². The molecule has 0 fully saturated rings. The quantitative estimate of drug-likeness (QED) is 0.551. The molecular formula is C23H22ClN3O2. The molecule has 6 heteroatoms. The molecule has 0 saturated carbocycles. The highest BCUT2D eigenvalue weighted by atomic mass is 35.5. The van der Waals surface area contributed by atoms with Crippen LogP contribution in [-0.2, 0) is 4.79 Å². The van der Waals surface area contributed by atoms with Crippen LogP contribution in [0, 0.1) is 0 Å². The lowest BCUT2D eigenvalue weighted by Gasteiger charge is -2.22. The summed E-state index contributed by atoms with van der Waals surface area (Å²) in [7, 11) is 0. The molecule has 3 aromatic carbocycles. The lowest BCUT2D eigenvalue weighted by Crippen LogP contribution is -2.47. The van der Waals surface area contributed by atoms with E-state index in [1.165, 1.54) is 0 Å². The first-order valence-corrected chi connectivity index (χ1v) is 9.64. The van der Waals surface area contributed by atoms with Gasteiger partial charge in [-0.3, -0.25) is 4.79 Å². The van der Waals surface area contributed by atoms with Gasteiger partial charge in [0.05, 0.1) is 6.04 Å². The first-order valence-electron chi connectivity index (χ1n) is 9.26. The van der Waals surface area contributed by atoms with Gasteiger partial charge < -0.3 is 16.0 Å². The molecule has 29 heavy (non-hydrogen) atoms. The highest BCUT2D eigenvalue weighted by Crippen LogP contribution is 2.21. The van der Waals surface area contributed by atoms with E-state index in [0.29, 0.717) is 10.7 Å². The minimum absolute atomic E-state index is 0.283. The second kappa shape index (κ2) is 9.75. The van der Waals surface area contributed by atoms with Gasteiger partial charge in [0.25, 0.3) is 0 Å². The SMILES string of the molecule is CC(NC(=O)Nc1ccc(Cl)cc1)C(=O)NC(c1ccccc1)c1ccccc1. The van der Waals surface area contributed by atoms with Gasteiger partial charge in [0.2, 0.25) is 5.91 Å². The Balaban J connectivity index is 1.65. The summed E-state index contributed by atoms with van der Waals surface area (Å²) in [5.74, 6) is -0.283. The van der Waals surface area contributed by atoms with Crippen molar-refractivity contribution in [2.45, 2.75) is 19.0 Å². The first-order chi connectivity index (χ1) is 14.0. The number of halogens is 1. The summed E-state index contributed by atoms with van der Waals surface area (Å²) in [4.78, 5) is 25.0. The van der Waals surface area contributed by atoms with E-state index in [4.69, 9.17) is 11.6 Å². The van der Waals surface area contributed by atoms with Crippen molar-refractivity contribution in [3.05, 3.63) is 101 Å². The monoisotopic (exact) mass is 407 g/mol. The molecule has 0 heterocycles. The van der Waals surface area contributed by atoms with Gasteiger partial charge in [-0.25, -0.2) is 4.79 Å². The lowest BCUT2D eigenvalue weighted by atomic mass is 9.98. The number of hydrogen-bond acceptors (Lipinski definition) is 2. The largest absolute Gasteiger partial charge is 0.343 e. The first kappa shape index (κ1) is 20.4. The van der Waals surface area contributed by atoms with Crippen molar-refractivity contribution in [3.8, 4) is 0 Å². The molecule has 0 spiro atoms. The van der Waals surface area contributed by atoms with Crippen LogP contribution in [0.4, 0.5) is 10.5 Å². The van der Waals surface area contributed by atoms with Crippen molar-refractivity contribution in [1.29, 1.82) is 0 Å². The van der Waals surface area contributed by atoms with Gasteiger partial charge in [-0.15, -0.1) is 0 Å². The molecule has 3 rings (SSSR count). The number of anilines is 1. The van der Waals surface area contributed by atoms with Crippen molar-refractivity contribution < 1.29 is 9.59 Å². The van der Waals surface area contributed by atoms with Crippen LogP contribution in [0.3, 0.4) is 0 Å². The molecule has 0 saturated heterocycles. The third kappa shape index (κ3) is 5.83. The Morgan fingerprint density at radius 1 is 0.759 bits per heavy atom. The minimum atomic E-state index is -0.725. The molecule has 0 bridgehead atoms. The van der Waals surface area contributed by atoms with Crippen LogP contribution < -0.4 is 16.0 Å². The molecule has 0 aromatic heterocycles. The number of amides is 3. The average molecular weight is 408 g/mol. The topological polar surface area (TPSA) is 70.2 Å². The van der Waals surface area contributed by atoms with E-state index < -0.39 is 12.1 Å². The molecule has 5 nitrogen and oxygen atoms in total. The van der Waals surface area contributed by atoms with Gasteiger partial charge in [-0.1, -0.05) is 72.3 Å². The van der Waals surface area contributed by atoms with Gasteiger partial charge in [-0.2, -0.15) is 0 Å². The van der Waals surface area contributed by atoms with Gasteiger partial charge in [0, 0.05) is 10.7 Å². The third-order valence-electron chi connectivity index (χ3n) is 4.40. The summed E-state index contributed by atoms with van der Waals surface area (Å²) < 4.78 is 0. The van der Waals surface area contributed by atoms with Crippen molar-refractivity contribution in [3.63, 3.8) is 0 Å². The number of rotatable bonds is 6. The highest BCUT2D eigenvalue weighted by molar-refractivity contribution is 6.30. The van der Waals surface area contributed by atoms with Crippen LogP contribution in [0.5, 0.6) is 0 Å². The fourth-order valence-corrected chi connectivity index (χ4v) is 3.01. The number of hydrogen-bond donors (Lipinski definition) is 3. The molecule has 3 N–H and O–H groups in total. The smallest absolute Gasteiger partial charge is 0.319 e. The minimum Gasteiger partial charge on any atom is -0.343 e. The summed E-state index contributed by atoms with van der Waals surface area (Å²) in [5.41, 5.74) is 2.51. The van der Waals surface area contributed by atoms with E-state index in [-0.39, 0.29) is 11.9 Å². The third-order valence-corrected chi connectivity index (χ3v) is 4.65. The summed E-state index contributed by atoms with van der Waals surface area (Å²) in [6, 6.07) is 24.7. The van der Waals surface area contributed by atoms with E-state index in [9.17, 15) is 9.59 Å². The molecule has 3 amide bonds. The maximum atomic E-state index is 12.8. The van der Waals surface area contributed by atoms with Crippen LogP contribution in [-0.4, -0.2) is 18.0 Å². The number of urea groups is 1. The normalized spacial score (nSPS) is 11.6. The predicted octanol–water partition coefficient (Wildman–Crippen LogP) is 4.76. The molecule has 0 radical (unpaired) electrons. The average Bonchev–Trinajstić information content (AvgIpc) is 2.74. The van der Waals surface area contributed by atoms with E-state index >= 15 is 0 Å². The summed E-state index contributed by atoms with van der Waals surface area (Å²) in [6.07, 6.45) is 0. The Morgan fingerprint density at radius 2 is 1.28 bits per heavy atom. The molecule has 1 unspecified atom stereocenters. The van der Waals surface area contributed by atoms with E-state index in [2.05, 4.69) is 16.0 Å². The summed E-state index contributed by atoms with van der Waals surface area (Å²) >= 11 is 5.84. The zero-order chi connectivity index (χ0) is 20.6. The molecule has 0 aliphatic heterocycles. The maximum absolute atomic E-state index is 12.8. The van der Waals surface area contributed by atoms with Crippen molar-refractivity contribution in [2.75, 3.05) is 5.32 Å². The van der Waals surface area contributed by atoms with Crippen LogP contribution in [0.1, 0.15) is 24.1 Å². The van der Waals surface area contributed by atoms with E-state index in [0.717, 1.165) is 11.1 Å². The Morgan fingerprint density at radius 3 is 1.79 bits per heavy atom. The van der Waals surface area contributed by atoms with Gasteiger partial charge >= 0.3 is 6.03 Å². The lowest BCUT2D eigenvalue weighted by molar-refractivity contribution is -0.123. The van der Waals surface area contributed by atoms with Crippen LogP contribution in [0.2, 0.25) is 5.02 Å². The van der Waals surface area contributed by atoms with Gasteiger partial charge in [0.15, 0.2) is 0 Å². The second-order valence-corrected chi connectivity index (χ2v) is 7.03. The standard InChI is InChI=1S/C23H22ClN3O2/c1-16(25-23(29)26-20-14-12-19(24)13-15-20)22(28)27-21(17-8-4-2-5-9-17)18-10-6-3-7-11-18/h2-16,21H,1H3,(H,27,28)(H2,25,26,29). The predicted molar refractivity (Wildman–Crippen MR) is 116 cm³/mol.